The summed E-state index contributed by atoms with van der Waals surface area (Å²) in [4.78, 5) is 7.95. The number of hydrogen-bond donors (Lipinski definition) is 2. The summed E-state index contributed by atoms with van der Waals surface area (Å²) in [5.74, 6) is -0.294. The van der Waals surface area contributed by atoms with E-state index in [-0.39, 0.29) is 38.4 Å². The Hall–Kier alpha value is -3.42. The fraction of sp³-hybridized carbons (Fsp3) is 0.190. The van der Waals surface area contributed by atoms with E-state index in [4.69, 9.17) is 22.1 Å². The molecule has 0 aliphatic rings. The van der Waals surface area contributed by atoms with E-state index < -0.39 is 21.7 Å². The summed E-state index contributed by atoms with van der Waals surface area (Å²) in [5, 5.41) is 12.2. The third kappa shape index (κ3) is 4.44. The van der Waals surface area contributed by atoms with Gasteiger partial charge in [0.05, 0.1) is 28.6 Å². The molecule has 0 spiro atoms. The molecule has 166 valence electrons. The number of nitrogens with one attached hydrogen (secondary N) is 1. The van der Waals surface area contributed by atoms with Gasteiger partial charge in [-0.1, -0.05) is 23.7 Å². The van der Waals surface area contributed by atoms with Gasteiger partial charge in [-0.25, -0.2) is 22.8 Å². The number of hydrogen-bond acceptors (Lipinski definition) is 8. The van der Waals surface area contributed by atoms with Crippen molar-refractivity contribution in [3.8, 4) is 22.9 Å². The Morgan fingerprint density at radius 3 is 2.50 bits per heavy atom. The second-order valence-electron chi connectivity index (χ2n) is 6.93. The van der Waals surface area contributed by atoms with E-state index in [0.717, 1.165) is 6.26 Å². The summed E-state index contributed by atoms with van der Waals surface area (Å²) in [6, 6.07) is 8.56. The van der Waals surface area contributed by atoms with Crippen molar-refractivity contribution in [2.24, 2.45) is 0 Å². The molecule has 0 saturated carbocycles. The molecule has 1 unspecified atom stereocenters. The number of nitriles is 1. The summed E-state index contributed by atoms with van der Waals surface area (Å²) in [6.45, 7) is 1.75. The lowest BCUT2D eigenvalue weighted by Gasteiger charge is -2.22. The normalized spacial score (nSPS) is 12.1. The molecule has 0 radical (unpaired) electrons. The molecular weight excluding hydrogens is 457 g/mol. The number of nitrogen functional groups attached to an aromatic ring is 1. The van der Waals surface area contributed by atoms with Crippen LogP contribution in [0.1, 0.15) is 24.1 Å². The molecule has 0 amide bonds. The Morgan fingerprint density at radius 1 is 1.28 bits per heavy atom. The predicted octanol–water partition coefficient (Wildman–Crippen LogP) is 3.98. The van der Waals surface area contributed by atoms with E-state index in [0.29, 0.717) is 11.1 Å². The number of nitrogens with two attached hydrogens (primary N) is 1. The summed E-state index contributed by atoms with van der Waals surface area (Å²) < 4.78 is 44.1. The highest BCUT2D eigenvalue weighted by Crippen LogP contribution is 2.42. The quantitative estimate of drug-likeness (QED) is 0.547. The molecule has 1 aromatic heterocycles. The first kappa shape index (κ1) is 23.2. The summed E-state index contributed by atoms with van der Waals surface area (Å²) in [6.07, 6.45) is 2.30. The zero-order valence-corrected chi connectivity index (χ0v) is 18.9. The second kappa shape index (κ2) is 8.98. The molecule has 0 aliphatic carbocycles. The van der Waals surface area contributed by atoms with Crippen LogP contribution in [-0.4, -0.2) is 31.8 Å². The van der Waals surface area contributed by atoms with Crippen LogP contribution in [0.4, 0.5) is 16.0 Å². The fourth-order valence-corrected chi connectivity index (χ4v) is 4.04. The number of methoxy groups -OCH3 is 1. The standard InChI is InChI=1S/C21H19ClFN5O3S/c1-11(28-21-15(9-24)20(25)26-10-27-21)14-8-16(22)18(23)17(19(14)31-2)12-4-6-13(7-5-12)32(3,29)30/h4-8,10-11H,1-3H3,(H3,25,26,27,28). The van der Waals surface area contributed by atoms with Gasteiger partial charge in [-0.2, -0.15) is 5.26 Å². The molecule has 1 atom stereocenters. The maximum Gasteiger partial charge on any atom is 0.175 e. The van der Waals surface area contributed by atoms with Gasteiger partial charge in [0.1, 0.15) is 35.3 Å². The van der Waals surface area contributed by atoms with Crippen LogP contribution in [0.5, 0.6) is 5.75 Å². The first-order chi connectivity index (χ1) is 15.1. The second-order valence-corrected chi connectivity index (χ2v) is 9.35. The van der Waals surface area contributed by atoms with Crippen LogP contribution in [0.25, 0.3) is 11.1 Å². The highest BCUT2D eigenvalue weighted by Gasteiger charge is 2.24. The van der Waals surface area contributed by atoms with Crippen LogP contribution in [-0.2, 0) is 9.84 Å². The molecule has 1 heterocycles. The van der Waals surface area contributed by atoms with E-state index in [1.165, 1.54) is 43.8 Å². The molecule has 0 fully saturated rings. The molecule has 3 aromatic rings. The summed E-state index contributed by atoms with van der Waals surface area (Å²) in [5.41, 5.74) is 6.75. The van der Waals surface area contributed by atoms with Crippen LogP contribution < -0.4 is 15.8 Å². The summed E-state index contributed by atoms with van der Waals surface area (Å²) in [7, 11) is -2.03. The third-order valence-electron chi connectivity index (χ3n) is 4.78. The Kier molecular flexibility index (Phi) is 6.52. The van der Waals surface area contributed by atoms with Gasteiger partial charge in [0.25, 0.3) is 0 Å². The smallest absolute Gasteiger partial charge is 0.175 e. The maximum atomic E-state index is 15.1. The van der Waals surface area contributed by atoms with E-state index in [9.17, 15) is 13.7 Å². The lowest BCUT2D eigenvalue weighted by atomic mass is 9.97. The average Bonchev–Trinajstić information content (AvgIpc) is 2.74. The molecule has 2 aromatic carbocycles. The van der Waals surface area contributed by atoms with E-state index in [1.807, 2.05) is 6.07 Å². The van der Waals surface area contributed by atoms with Gasteiger partial charge < -0.3 is 15.8 Å². The minimum absolute atomic E-state index is 0.0213. The molecule has 32 heavy (non-hydrogen) atoms. The van der Waals surface area contributed by atoms with Crippen molar-refractivity contribution in [3.05, 3.63) is 58.6 Å². The molecule has 0 bridgehead atoms. The van der Waals surface area contributed by atoms with Gasteiger partial charge >= 0.3 is 0 Å². The lowest BCUT2D eigenvalue weighted by Crippen LogP contribution is -2.13. The minimum atomic E-state index is -3.41. The highest BCUT2D eigenvalue weighted by atomic mass is 35.5. The first-order valence-corrected chi connectivity index (χ1v) is 11.5. The topological polar surface area (TPSA) is 131 Å². The lowest BCUT2D eigenvalue weighted by molar-refractivity contribution is 0.406. The Morgan fingerprint density at radius 2 is 1.94 bits per heavy atom. The number of anilines is 2. The number of halogens is 2. The van der Waals surface area contributed by atoms with Crippen molar-refractivity contribution in [2.45, 2.75) is 17.9 Å². The predicted molar refractivity (Wildman–Crippen MR) is 120 cm³/mol. The van der Waals surface area contributed by atoms with Gasteiger partial charge in [0.15, 0.2) is 15.7 Å². The highest BCUT2D eigenvalue weighted by molar-refractivity contribution is 7.90. The van der Waals surface area contributed by atoms with Gasteiger partial charge in [-0.15, -0.1) is 0 Å². The van der Waals surface area contributed by atoms with E-state index >= 15 is 4.39 Å². The van der Waals surface area contributed by atoms with Crippen LogP contribution in [0, 0.1) is 17.1 Å². The van der Waals surface area contributed by atoms with Crippen molar-refractivity contribution in [1.29, 1.82) is 5.26 Å². The van der Waals surface area contributed by atoms with Crippen LogP contribution in [0.3, 0.4) is 0 Å². The number of nitrogens with zero attached hydrogens (tertiary/aromatic N) is 3. The number of sulfone groups is 1. The van der Waals surface area contributed by atoms with Crippen molar-refractivity contribution in [3.63, 3.8) is 0 Å². The van der Waals surface area contributed by atoms with Gasteiger partial charge in [-0.3, -0.25) is 0 Å². The number of rotatable bonds is 6. The van der Waals surface area contributed by atoms with Gasteiger partial charge in [-0.05, 0) is 30.7 Å². The van der Waals surface area contributed by atoms with E-state index in [1.54, 1.807) is 6.92 Å². The van der Waals surface area contributed by atoms with Crippen LogP contribution in [0.2, 0.25) is 5.02 Å². The largest absolute Gasteiger partial charge is 0.496 e. The average molecular weight is 476 g/mol. The zero-order valence-electron chi connectivity index (χ0n) is 17.3. The van der Waals surface area contributed by atoms with Crippen molar-refractivity contribution in [1.82, 2.24) is 9.97 Å². The third-order valence-corrected chi connectivity index (χ3v) is 6.19. The van der Waals surface area contributed by atoms with Gasteiger partial charge in [0.2, 0.25) is 0 Å². The van der Waals surface area contributed by atoms with Crippen molar-refractivity contribution < 1.29 is 17.5 Å². The zero-order chi connectivity index (χ0) is 23.6. The monoisotopic (exact) mass is 475 g/mol. The Labute approximate surface area is 189 Å². The molecule has 11 heteroatoms. The molecule has 3 rings (SSSR count). The molecule has 0 saturated heterocycles. The SMILES string of the molecule is COc1c(C(C)Nc2ncnc(N)c2C#N)cc(Cl)c(F)c1-c1ccc(S(C)(=O)=O)cc1. The number of benzene rings is 2. The molecule has 8 nitrogen and oxygen atoms in total. The van der Waals surface area contributed by atoms with Crippen molar-refractivity contribution in [2.75, 3.05) is 24.4 Å². The Bertz CT molecular complexity index is 1320. The first-order valence-electron chi connectivity index (χ1n) is 9.22. The van der Waals surface area contributed by atoms with E-state index in [2.05, 4.69) is 15.3 Å². The van der Waals surface area contributed by atoms with Crippen molar-refractivity contribution >= 4 is 33.1 Å². The maximum absolute atomic E-state index is 15.1. The Balaban J connectivity index is 2.12. The molecular formula is C21H19ClFN5O3S. The summed E-state index contributed by atoms with van der Waals surface area (Å²) >= 11 is 6.18. The van der Waals surface area contributed by atoms with Gasteiger partial charge in [0, 0.05) is 11.8 Å². The number of aromatic nitrogens is 2. The van der Waals surface area contributed by atoms with Crippen LogP contribution in [0.15, 0.2) is 41.6 Å². The fourth-order valence-electron chi connectivity index (χ4n) is 3.20. The number of ether oxygens (including phenoxy) is 1. The minimum Gasteiger partial charge on any atom is -0.496 e. The molecule has 0 aliphatic heterocycles. The van der Waals surface area contributed by atoms with Crippen LogP contribution >= 0.6 is 11.6 Å². The molecule has 3 N–H and O–H groups in total.